The van der Waals surface area contributed by atoms with E-state index in [0.29, 0.717) is 5.95 Å². The molecule has 8 nitrogen and oxygen atoms in total. The highest BCUT2D eigenvalue weighted by molar-refractivity contribution is 6.29. The van der Waals surface area contributed by atoms with E-state index >= 15 is 0 Å². The van der Waals surface area contributed by atoms with Gasteiger partial charge in [-0.05, 0) is 153 Å². The third-order valence-electron chi connectivity index (χ3n) is 20.0. The van der Waals surface area contributed by atoms with Crippen LogP contribution in [-0.4, -0.2) is 38.6 Å². The zero-order valence-electron chi connectivity index (χ0n) is 52.7. The fraction of sp³-hybridized carbons (Fsp3) is 0.0698. The zero-order chi connectivity index (χ0) is 63.7. The van der Waals surface area contributed by atoms with E-state index in [2.05, 4.69) is 317 Å². The summed E-state index contributed by atoms with van der Waals surface area (Å²) in [6, 6.07) is 98.7. The van der Waals surface area contributed by atoms with Crippen LogP contribution in [0.3, 0.4) is 0 Å². The fourth-order valence-electron chi connectivity index (χ4n) is 15.4. The lowest BCUT2D eigenvalue weighted by Gasteiger charge is -2.22. The maximum absolute atomic E-state index is 6.20. The number of aromatic amines is 1. The third kappa shape index (κ3) is 8.89. The molecule has 6 heterocycles. The van der Waals surface area contributed by atoms with Gasteiger partial charge in [-0.3, -0.25) is 4.57 Å². The molecule has 452 valence electrons. The van der Waals surface area contributed by atoms with E-state index in [1.807, 2.05) is 30.3 Å². The monoisotopic (exact) mass is 1240 g/mol. The molecule has 20 rings (SSSR count). The summed E-state index contributed by atoms with van der Waals surface area (Å²) < 4.78 is 6.75. The van der Waals surface area contributed by atoms with Crippen molar-refractivity contribution in [2.45, 2.75) is 38.5 Å². The van der Waals surface area contributed by atoms with Gasteiger partial charge in [-0.1, -0.05) is 210 Å². The molecule has 0 radical (unpaired) electrons. The minimum absolute atomic E-state index is 0.0332. The van der Waals surface area contributed by atoms with Crippen LogP contribution in [0.5, 0.6) is 0 Å². The van der Waals surface area contributed by atoms with Crippen molar-refractivity contribution < 1.29 is 0 Å². The van der Waals surface area contributed by atoms with Gasteiger partial charge in [0.15, 0.2) is 0 Å². The van der Waals surface area contributed by atoms with E-state index in [9.17, 15) is 0 Å². The lowest BCUT2D eigenvalue weighted by Crippen LogP contribution is -2.15. The van der Waals surface area contributed by atoms with Gasteiger partial charge in [0.1, 0.15) is 0 Å². The summed E-state index contributed by atoms with van der Waals surface area (Å²) >= 11 is 6.20. The van der Waals surface area contributed by atoms with Gasteiger partial charge in [-0.2, -0.15) is 0 Å². The van der Waals surface area contributed by atoms with Gasteiger partial charge >= 0.3 is 0 Å². The van der Waals surface area contributed by atoms with Crippen molar-refractivity contribution >= 4 is 98.8 Å². The summed E-state index contributed by atoms with van der Waals surface area (Å²) in [5.41, 5.74) is 25.7. The first-order valence-electron chi connectivity index (χ1n) is 32.4. The molecule has 0 aliphatic heterocycles. The Morgan fingerprint density at radius 1 is 0.326 bits per heavy atom. The molecular weight excluding hydrogens is 1180 g/mol. The van der Waals surface area contributed by atoms with E-state index < -0.39 is 0 Å². The molecule has 0 saturated carbocycles. The molecule has 0 unspecified atom stereocenters. The Kier molecular flexibility index (Phi) is 12.8. The fourth-order valence-corrected chi connectivity index (χ4v) is 15.6. The smallest absolute Gasteiger partial charge is 0.235 e. The van der Waals surface area contributed by atoms with Gasteiger partial charge in [-0.15, -0.1) is 0 Å². The van der Waals surface area contributed by atoms with Crippen molar-refractivity contribution in [2.24, 2.45) is 0 Å². The lowest BCUT2D eigenvalue weighted by molar-refractivity contribution is 0.660. The van der Waals surface area contributed by atoms with Crippen LogP contribution in [0, 0.1) is 0 Å². The van der Waals surface area contributed by atoms with Crippen LogP contribution in [0.1, 0.15) is 49.9 Å². The second kappa shape index (κ2) is 21.7. The molecule has 0 spiro atoms. The topological polar surface area (TPSA) is 82.1 Å². The summed E-state index contributed by atoms with van der Waals surface area (Å²) in [6.07, 6.45) is 4.32. The summed E-state index contributed by atoms with van der Waals surface area (Å²) in [5.74, 6) is 0.676. The van der Waals surface area contributed by atoms with Crippen LogP contribution in [-0.2, 0) is 10.8 Å². The van der Waals surface area contributed by atoms with Crippen molar-refractivity contribution in [1.82, 2.24) is 38.6 Å². The largest absolute Gasteiger partial charge is 0.354 e. The van der Waals surface area contributed by atoms with E-state index in [4.69, 9.17) is 21.6 Å². The number of hydrogen-bond donors (Lipinski definition) is 1. The zero-order valence-corrected chi connectivity index (χ0v) is 53.5. The Balaban J connectivity index is 0.000000115. The van der Waals surface area contributed by atoms with Crippen LogP contribution in [0.25, 0.3) is 149 Å². The van der Waals surface area contributed by atoms with Crippen molar-refractivity contribution in [1.29, 1.82) is 0 Å². The molecule has 9 heteroatoms. The summed E-state index contributed by atoms with van der Waals surface area (Å²) in [6.45, 7) is 9.22. The molecule has 0 bridgehead atoms. The molecule has 1 N–H and O–H groups in total. The standard InChI is InChI=1S/C43H30N4.C23H17ClN2.C20H14N2/c1-43(2)34-17-9-6-14-29(34)30-21-20-27(26-35(30)43)41-31-15-7-10-18-36(31)44-42(45-41)47-38-19-11-8-16-32(38)40-33-24-25-46(28-12-4-3-5-13-28)37(33)22-23-39(40)47;1-23(2)18-9-5-3-7-15(18)16-12-11-14(13-19(16)23)21-17-8-4-6-10-20(17)25-22(24)26-21;1-2-6-14(7-3-1)22-13-12-16-19(22)11-10-18-20(16)15-8-4-5-9-17(15)21-18/h3-26H,1-2H3;3-13H,1-2H3;1-13,21H. The molecule has 0 atom stereocenters. The van der Waals surface area contributed by atoms with Crippen LogP contribution in [0.4, 0.5) is 0 Å². The average Bonchev–Trinajstić information content (AvgIpc) is 1.63. The van der Waals surface area contributed by atoms with Gasteiger partial charge in [0.05, 0.1) is 44.5 Å². The second-order valence-electron chi connectivity index (χ2n) is 26.0. The number of benzene rings is 12. The number of aromatic nitrogens is 8. The number of fused-ring (bicyclic) bond motifs is 18. The minimum Gasteiger partial charge on any atom is -0.354 e. The van der Waals surface area contributed by atoms with Crippen molar-refractivity contribution in [3.05, 3.63) is 319 Å². The van der Waals surface area contributed by atoms with Crippen LogP contribution in [0.2, 0.25) is 5.28 Å². The molecule has 6 aromatic heterocycles. The summed E-state index contributed by atoms with van der Waals surface area (Å²) in [5, 5.41) is 9.84. The van der Waals surface area contributed by atoms with Crippen molar-refractivity contribution in [3.63, 3.8) is 0 Å². The van der Waals surface area contributed by atoms with Gasteiger partial charge in [0.2, 0.25) is 11.2 Å². The maximum atomic E-state index is 6.20. The Labute approximate surface area is 553 Å². The molecule has 2 aliphatic carbocycles. The number of para-hydroxylation sites is 6. The normalized spacial score (nSPS) is 13.3. The minimum atomic E-state index is -0.0953. The third-order valence-corrected chi connectivity index (χ3v) is 20.2. The lowest BCUT2D eigenvalue weighted by atomic mass is 9.82. The molecule has 18 aromatic rings. The van der Waals surface area contributed by atoms with E-state index in [1.54, 1.807) is 0 Å². The number of H-pyrrole nitrogens is 1. The van der Waals surface area contributed by atoms with E-state index in [-0.39, 0.29) is 16.1 Å². The van der Waals surface area contributed by atoms with E-state index in [0.717, 1.165) is 61.0 Å². The Morgan fingerprint density at radius 2 is 0.779 bits per heavy atom. The number of hydrogen-bond acceptors (Lipinski definition) is 4. The number of halogens is 1. The molecule has 0 fully saturated rings. The van der Waals surface area contributed by atoms with Gasteiger partial charge in [0.25, 0.3) is 0 Å². The average molecular weight is 1240 g/mol. The first kappa shape index (κ1) is 56.1. The molecule has 0 amide bonds. The highest BCUT2D eigenvalue weighted by Gasteiger charge is 2.37. The maximum Gasteiger partial charge on any atom is 0.235 e. The molecule has 95 heavy (non-hydrogen) atoms. The predicted molar refractivity (Wildman–Crippen MR) is 394 cm³/mol. The SMILES string of the molecule is CC1(C)c2ccccc2-c2ccc(-c3nc(-n4c5ccccc5c5c6ccn(-c7ccccc7)c6ccc54)nc4ccccc34)cc21.CC1(C)c2ccccc2-c2ccc(-c3nc(Cl)nc4ccccc34)cc21.c1ccc(-n2ccc3c4c(ccc32)[nH]c2ccccc24)cc1. The molecule has 12 aromatic carbocycles. The summed E-state index contributed by atoms with van der Waals surface area (Å²) in [7, 11) is 0. The second-order valence-corrected chi connectivity index (χ2v) is 26.3. The van der Waals surface area contributed by atoms with Gasteiger partial charge < -0.3 is 14.1 Å². The van der Waals surface area contributed by atoms with Crippen molar-refractivity contribution in [2.75, 3.05) is 0 Å². The van der Waals surface area contributed by atoms with Crippen LogP contribution < -0.4 is 0 Å². The van der Waals surface area contributed by atoms with Gasteiger partial charge in [-0.25, -0.2) is 19.9 Å². The molecule has 0 saturated heterocycles. The summed E-state index contributed by atoms with van der Waals surface area (Å²) in [4.78, 5) is 23.0. The Bertz CT molecular complexity index is 6130. The van der Waals surface area contributed by atoms with E-state index in [1.165, 1.54) is 105 Å². The van der Waals surface area contributed by atoms with Crippen LogP contribution in [0.15, 0.2) is 291 Å². The first-order chi connectivity index (χ1) is 46.5. The predicted octanol–water partition coefficient (Wildman–Crippen LogP) is 22.2. The quantitative estimate of drug-likeness (QED) is 0.174. The molecule has 2 aliphatic rings. The Morgan fingerprint density at radius 3 is 1.39 bits per heavy atom. The highest BCUT2D eigenvalue weighted by Crippen LogP contribution is 2.52. The Hall–Kier alpha value is -11.7. The highest BCUT2D eigenvalue weighted by atomic mass is 35.5. The number of nitrogens with zero attached hydrogens (tertiary/aromatic N) is 7. The number of nitrogens with one attached hydrogen (secondary N) is 1. The van der Waals surface area contributed by atoms with Crippen molar-refractivity contribution in [3.8, 4) is 62.1 Å². The number of rotatable bonds is 5. The van der Waals surface area contributed by atoms with Gasteiger partial charge in [0, 0.05) is 99.8 Å². The molecular formula is C86H61ClN8. The van der Waals surface area contributed by atoms with Crippen LogP contribution >= 0.6 is 11.6 Å². The first-order valence-corrected chi connectivity index (χ1v) is 32.8.